The van der Waals surface area contributed by atoms with Gasteiger partial charge in [0.15, 0.2) is 0 Å². The molecule has 0 radical (unpaired) electrons. The second kappa shape index (κ2) is 8.50. The smallest absolute Gasteiger partial charge is 0.122 e. The van der Waals surface area contributed by atoms with E-state index in [9.17, 15) is 10.2 Å². The van der Waals surface area contributed by atoms with Gasteiger partial charge in [-0.2, -0.15) is 0 Å². The van der Waals surface area contributed by atoms with Crippen LogP contribution in [0.4, 0.5) is 0 Å². The Labute approximate surface area is 126 Å². The predicted octanol–water partition coefficient (Wildman–Crippen LogP) is 3.75. The summed E-state index contributed by atoms with van der Waals surface area (Å²) in [6, 6.07) is 5.55. The van der Waals surface area contributed by atoms with Gasteiger partial charge in [-0.05, 0) is 48.9 Å². The molecule has 0 spiro atoms. The quantitative estimate of drug-likeness (QED) is 0.768. The Morgan fingerprint density at radius 2 is 1.90 bits per heavy atom. The summed E-state index contributed by atoms with van der Waals surface area (Å²) < 4.78 is 5.73. The number of aliphatic hydroxyl groups is 2. The minimum atomic E-state index is -0.729. The van der Waals surface area contributed by atoms with E-state index in [-0.39, 0.29) is 5.92 Å². The first-order chi connectivity index (χ1) is 9.49. The van der Waals surface area contributed by atoms with Crippen LogP contribution in [-0.2, 0) is 0 Å². The Kier molecular flexibility index (Phi) is 7.35. The van der Waals surface area contributed by atoms with E-state index < -0.39 is 12.2 Å². The molecule has 3 atom stereocenters. The van der Waals surface area contributed by atoms with Crippen LogP contribution in [0.3, 0.4) is 0 Å². The van der Waals surface area contributed by atoms with Crippen molar-refractivity contribution in [3.63, 3.8) is 0 Å². The summed E-state index contributed by atoms with van der Waals surface area (Å²) in [6.07, 6.45) is 0.554. The van der Waals surface area contributed by atoms with Gasteiger partial charge in [-0.1, -0.05) is 32.4 Å². The Bertz CT molecular complexity index is 409. The average Bonchev–Trinajstić information content (AvgIpc) is 2.44. The van der Waals surface area contributed by atoms with Gasteiger partial charge in [0, 0.05) is 5.02 Å². The van der Waals surface area contributed by atoms with E-state index in [0.717, 1.165) is 17.7 Å². The maximum Gasteiger partial charge on any atom is 0.122 e. The predicted molar refractivity (Wildman–Crippen MR) is 82.6 cm³/mol. The lowest BCUT2D eigenvalue weighted by Gasteiger charge is -2.22. The zero-order valence-corrected chi connectivity index (χ0v) is 13.2. The normalized spacial score (nSPS) is 15.7. The molecule has 0 saturated carbocycles. The molecule has 0 bridgehead atoms. The Morgan fingerprint density at radius 3 is 2.50 bits per heavy atom. The maximum atomic E-state index is 9.96. The Morgan fingerprint density at radius 1 is 1.20 bits per heavy atom. The van der Waals surface area contributed by atoms with E-state index in [1.807, 2.05) is 26.0 Å². The third-order valence-corrected chi connectivity index (χ3v) is 3.66. The molecule has 0 aliphatic rings. The first-order valence-corrected chi connectivity index (χ1v) is 7.65. The van der Waals surface area contributed by atoms with Crippen LogP contribution in [-0.4, -0.2) is 29.0 Å². The summed E-state index contributed by atoms with van der Waals surface area (Å²) >= 11 is 6.05. The number of hydrogen-bond donors (Lipinski definition) is 2. The van der Waals surface area contributed by atoms with E-state index in [1.165, 1.54) is 0 Å². The van der Waals surface area contributed by atoms with Crippen LogP contribution in [0.1, 0.15) is 51.5 Å². The van der Waals surface area contributed by atoms with Crippen LogP contribution < -0.4 is 4.74 Å². The SMILES string of the molecule is CCCOc1ccc(Cl)cc1C(C)CC(O)C(O)CC. The van der Waals surface area contributed by atoms with Crippen molar-refractivity contribution in [3.05, 3.63) is 28.8 Å². The Hall–Kier alpha value is -0.770. The van der Waals surface area contributed by atoms with Crippen molar-refractivity contribution in [2.75, 3.05) is 6.61 Å². The molecule has 0 saturated heterocycles. The molecule has 3 nitrogen and oxygen atoms in total. The molecule has 0 aliphatic carbocycles. The molecule has 0 aliphatic heterocycles. The second-order valence-electron chi connectivity index (χ2n) is 5.21. The molecule has 0 aromatic heterocycles. The maximum absolute atomic E-state index is 9.96. The molecule has 4 heteroatoms. The molecule has 2 N–H and O–H groups in total. The Balaban J connectivity index is 2.84. The van der Waals surface area contributed by atoms with Crippen LogP contribution in [0.5, 0.6) is 5.75 Å². The monoisotopic (exact) mass is 300 g/mol. The minimum Gasteiger partial charge on any atom is -0.493 e. The van der Waals surface area contributed by atoms with Gasteiger partial charge in [0.2, 0.25) is 0 Å². The van der Waals surface area contributed by atoms with E-state index in [4.69, 9.17) is 16.3 Å². The molecule has 1 aromatic carbocycles. The third kappa shape index (κ3) is 4.97. The number of benzene rings is 1. The summed E-state index contributed by atoms with van der Waals surface area (Å²) in [6.45, 7) is 6.58. The standard InChI is InChI=1S/C16H25ClO3/c1-4-8-20-16-7-6-12(17)10-13(16)11(3)9-15(19)14(18)5-2/h6-7,10-11,14-15,18-19H,4-5,8-9H2,1-3H3. The van der Waals surface area contributed by atoms with Gasteiger partial charge >= 0.3 is 0 Å². The molecule has 20 heavy (non-hydrogen) atoms. The summed E-state index contributed by atoms with van der Waals surface area (Å²) in [5.41, 5.74) is 0.980. The van der Waals surface area contributed by atoms with Crippen LogP contribution in [0, 0.1) is 0 Å². The number of aliphatic hydroxyl groups excluding tert-OH is 2. The second-order valence-corrected chi connectivity index (χ2v) is 5.65. The van der Waals surface area contributed by atoms with Crippen LogP contribution in [0.15, 0.2) is 18.2 Å². The lowest BCUT2D eigenvalue weighted by Crippen LogP contribution is -2.26. The van der Waals surface area contributed by atoms with Crippen molar-refractivity contribution in [1.29, 1.82) is 0 Å². The van der Waals surface area contributed by atoms with Gasteiger partial charge < -0.3 is 14.9 Å². The molecular formula is C16H25ClO3. The first-order valence-electron chi connectivity index (χ1n) is 7.27. The first kappa shape index (κ1) is 17.3. The zero-order valence-electron chi connectivity index (χ0n) is 12.5. The molecule has 114 valence electrons. The fourth-order valence-corrected chi connectivity index (χ4v) is 2.35. The highest BCUT2D eigenvalue weighted by molar-refractivity contribution is 6.30. The van der Waals surface area contributed by atoms with Crippen molar-refractivity contribution >= 4 is 11.6 Å². The molecular weight excluding hydrogens is 276 g/mol. The lowest BCUT2D eigenvalue weighted by atomic mass is 9.92. The van der Waals surface area contributed by atoms with Crippen molar-refractivity contribution in [2.24, 2.45) is 0 Å². The molecule has 1 aromatic rings. The van der Waals surface area contributed by atoms with Gasteiger partial charge in [-0.3, -0.25) is 0 Å². The lowest BCUT2D eigenvalue weighted by molar-refractivity contribution is 0.00941. The van der Waals surface area contributed by atoms with Crippen molar-refractivity contribution < 1.29 is 14.9 Å². The number of rotatable bonds is 8. The fourth-order valence-electron chi connectivity index (χ4n) is 2.17. The topological polar surface area (TPSA) is 49.7 Å². The number of halogens is 1. The van der Waals surface area contributed by atoms with Crippen molar-refractivity contribution in [1.82, 2.24) is 0 Å². The van der Waals surface area contributed by atoms with Gasteiger partial charge in [0.05, 0.1) is 18.8 Å². The molecule has 3 unspecified atom stereocenters. The summed E-state index contributed by atoms with van der Waals surface area (Å²) in [4.78, 5) is 0. The molecule has 0 heterocycles. The van der Waals surface area contributed by atoms with Gasteiger partial charge in [0.1, 0.15) is 5.75 Å². The van der Waals surface area contributed by atoms with Crippen molar-refractivity contribution in [2.45, 2.75) is 58.2 Å². The third-order valence-electron chi connectivity index (χ3n) is 3.42. The fraction of sp³-hybridized carbons (Fsp3) is 0.625. The number of hydrogen-bond acceptors (Lipinski definition) is 3. The van der Waals surface area contributed by atoms with E-state index in [0.29, 0.717) is 24.5 Å². The molecule has 1 rings (SSSR count). The summed E-state index contributed by atoms with van der Waals surface area (Å²) in [5.74, 6) is 0.874. The largest absolute Gasteiger partial charge is 0.493 e. The molecule has 0 fully saturated rings. The van der Waals surface area contributed by atoms with E-state index in [1.54, 1.807) is 6.07 Å². The van der Waals surface area contributed by atoms with Gasteiger partial charge in [-0.15, -0.1) is 0 Å². The average molecular weight is 301 g/mol. The van der Waals surface area contributed by atoms with Crippen LogP contribution >= 0.6 is 11.6 Å². The highest BCUT2D eigenvalue weighted by atomic mass is 35.5. The minimum absolute atomic E-state index is 0.0664. The van der Waals surface area contributed by atoms with Crippen LogP contribution in [0.2, 0.25) is 5.02 Å². The highest BCUT2D eigenvalue weighted by Gasteiger charge is 2.20. The summed E-state index contributed by atoms with van der Waals surface area (Å²) in [5, 5.41) is 20.3. The zero-order chi connectivity index (χ0) is 15.1. The number of ether oxygens (including phenoxy) is 1. The van der Waals surface area contributed by atoms with E-state index >= 15 is 0 Å². The summed E-state index contributed by atoms with van der Waals surface area (Å²) in [7, 11) is 0. The van der Waals surface area contributed by atoms with Gasteiger partial charge in [-0.25, -0.2) is 0 Å². The van der Waals surface area contributed by atoms with Crippen LogP contribution in [0.25, 0.3) is 0 Å². The van der Waals surface area contributed by atoms with Gasteiger partial charge in [0.25, 0.3) is 0 Å². The molecule has 0 amide bonds. The highest BCUT2D eigenvalue weighted by Crippen LogP contribution is 2.32. The van der Waals surface area contributed by atoms with Crippen molar-refractivity contribution in [3.8, 4) is 5.75 Å². The van der Waals surface area contributed by atoms with E-state index in [2.05, 4.69) is 6.92 Å².